The smallest absolute Gasteiger partial charge is 0.246 e. The Kier molecular flexibility index (Phi) is 3.71. The molecule has 0 bridgehead atoms. The first-order chi connectivity index (χ1) is 8.94. The molecular weight excluding hydrogens is 238 g/mol. The third-order valence-electron chi connectivity index (χ3n) is 3.48. The van der Waals surface area contributed by atoms with Gasteiger partial charge in [0, 0.05) is 5.56 Å². The number of rotatable bonds is 4. The van der Waals surface area contributed by atoms with Crippen LogP contribution in [0.25, 0.3) is 11.4 Å². The van der Waals surface area contributed by atoms with E-state index in [1.165, 1.54) is 5.56 Å². The Hall–Kier alpha value is -1.68. The predicted molar refractivity (Wildman–Crippen MR) is 75.7 cm³/mol. The fraction of sp³-hybridized carbons (Fsp3) is 0.467. The Morgan fingerprint density at radius 2 is 1.89 bits per heavy atom. The highest BCUT2D eigenvalue weighted by atomic mass is 16.5. The van der Waals surface area contributed by atoms with Gasteiger partial charge in [0.1, 0.15) is 0 Å². The molecule has 2 N–H and O–H groups in total. The minimum absolute atomic E-state index is 0.484. The average molecular weight is 259 g/mol. The Morgan fingerprint density at radius 1 is 1.26 bits per heavy atom. The molecule has 1 unspecified atom stereocenters. The predicted octanol–water partition coefficient (Wildman–Crippen LogP) is 3.44. The van der Waals surface area contributed by atoms with E-state index in [9.17, 15) is 0 Å². The fourth-order valence-corrected chi connectivity index (χ4v) is 1.74. The second-order valence-corrected chi connectivity index (χ2v) is 5.47. The lowest BCUT2D eigenvalue weighted by atomic mass is 10.0. The van der Waals surface area contributed by atoms with Gasteiger partial charge in [0.05, 0.1) is 5.54 Å². The number of aromatic nitrogens is 2. The molecule has 102 valence electrons. The fourth-order valence-electron chi connectivity index (χ4n) is 1.74. The molecule has 0 aliphatic carbocycles. The van der Waals surface area contributed by atoms with E-state index in [2.05, 4.69) is 36.1 Å². The molecule has 0 amide bonds. The molecule has 0 fully saturated rings. The molecule has 1 atom stereocenters. The van der Waals surface area contributed by atoms with Crippen molar-refractivity contribution >= 4 is 0 Å². The third kappa shape index (κ3) is 2.84. The monoisotopic (exact) mass is 259 g/mol. The maximum Gasteiger partial charge on any atom is 0.246 e. The van der Waals surface area contributed by atoms with Crippen molar-refractivity contribution in [2.45, 2.75) is 45.6 Å². The highest BCUT2D eigenvalue weighted by Gasteiger charge is 2.26. The maximum atomic E-state index is 6.10. The maximum absolute atomic E-state index is 6.10. The molecule has 0 aliphatic heterocycles. The molecule has 2 aromatic rings. The zero-order valence-corrected chi connectivity index (χ0v) is 12.0. The number of hydrogen-bond acceptors (Lipinski definition) is 4. The molecule has 0 radical (unpaired) electrons. The molecule has 2 rings (SSSR count). The summed E-state index contributed by atoms with van der Waals surface area (Å²) < 4.78 is 5.27. The Morgan fingerprint density at radius 3 is 2.42 bits per heavy atom. The Labute approximate surface area is 114 Å². The van der Waals surface area contributed by atoms with Gasteiger partial charge in [0.2, 0.25) is 11.7 Å². The van der Waals surface area contributed by atoms with E-state index < -0.39 is 5.54 Å². The van der Waals surface area contributed by atoms with Crippen LogP contribution in [0.1, 0.15) is 51.5 Å². The molecule has 0 saturated heterocycles. The topological polar surface area (TPSA) is 64.9 Å². The summed E-state index contributed by atoms with van der Waals surface area (Å²) in [4.78, 5) is 4.39. The van der Waals surface area contributed by atoms with Gasteiger partial charge < -0.3 is 10.3 Å². The van der Waals surface area contributed by atoms with Crippen LogP contribution in [0.3, 0.4) is 0 Å². The van der Waals surface area contributed by atoms with Crippen LogP contribution in [0.2, 0.25) is 0 Å². The van der Waals surface area contributed by atoms with Crippen LogP contribution in [0.15, 0.2) is 28.8 Å². The van der Waals surface area contributed by atoms with E-state index in [1.54, 1.807) is 0 Å². The highest BCUT2D eigenvalue weighted by molar-refractivity contribution is 5.54. The van der Waals surface area contributed by atoms with Gasteiger partial charge in [-0.25, -0.2) is 0 Å². The van der Waals surface area contributed by atoms with Crippen molar-refractivity contribution < 1.29 is 4.52 Å². The minimum Gasteiger partial charge on any atom is -0.337 e. The Bertz CT molecular complexity index is 541. The highest BCUT2D eigenvalue weighted by Crippen LogP contribution is 2.24. The van der Waals surface area contributed by atoms with Gasteiger partial charge in [-0.3, -0.25) is 0 Å². The summed E-state index contributed by atoms with van der Waals surface area (Å²) >= 11 is 0. The normalized spacial score (nSPS) is 14.6. The van der Waals surface area contributed by atoms with Crippen molar-refractivity contribution in [2.75, 3.05) is 0 Å². The van der Waals surface area contributed by atoms with Gasteiger partial charge in [0.15, 0.2) is 0 Å². The van der Waals surface area contributed by atoms with Gasteiger partial charge in [-0.05, 0) is 24.8 Å². The summed E-state index contributed by atoms with van der Waals surface area (Å²) in [7, 11) is 0. The first kappa shape index (κ1) is 13.7. The zero-order valence-electron chi connectivity index (χ0n) is 12.0. The molecule has 0 aliphatic rings. The van der Waals surface area contributed by atoms with Crippen LogP contribution in [-0.4, -0.2) is 10.1 Å². The molecule has 19 heavy (non-hydrogen) atoms. The quantitative estimate of drug-likeness (QED) is 0.913. The van der Waals surface area contributed by atoms with E-state index in [0.29, 0.717) is 17.6 Å². The first-order valence-electron chi connectivity index (χ1n) is 6.67. The molecule has 1 aromatic carbocycles. The van der Waals surface area contributed by atoms with Gasteiger partial charge in [0.25, 0.3) is 0 Å². The van der Waals surface area contributed by atoms with Gasteiger partial charge in [-0.2, -0.15) is 4.98 Å². The van der Waals surface area contributed by atoms with Crippen LogP contribution in [-0.2, 0) is 5.54 Å². The van der Waals surface area contributed by atoms with Crippen molar-refractivity contribution in [3.63, 3.8) is 0 Å². The van der Waals surface area contributed by atoms with Crippen LogP contribution < -0.4 is 5.73 Å². The molecular formula is C15H21N3O. The third-order valence-corrected chi connectivity index (χ3v) is 3.48. The number of nitrogens with zero attached hydrogens (tertiary/aromatic N) is 2. The lowest BCUT2D eigenvalue weighted by Gasteiger charge is -2.16. The number of hydrogen-bond donors (Lipinski definition) is 1. The van der Waals surface area contributed by atoms with Crippen LogP contribution in [0.5, 0.6) is 0 Å². The summed E-state index contributed by atoms with van der Waals surface area (Å²) in [5.41, 5.74) is 7.78. The van der Waals surface area contributed by atoms with Crippen LogP contribution in [0, 0.1) is 0 Å². The number of nitrogens with two attached hydrogens (primary N) is 1. The van der Waals surface area contributed by atoms with E-state index in [-0.39, 0.29) is 0 Å². The van der Waals surface area contributed by atoms with Crippen LogP contribution in [0.4, 0.5) is 0 Å². The summed E-state index contributed by atoms with van der Waals surface area (Å²) in [5, 5.41) is 4.01. The van der Waals surface area contributed by atoms with E-state index in [0.717, 1.165) is 12.0 Å². The van der Waals surface area contributed by atoms with E-state index in [1.807, 2.05) is 26.0 Å². The summed E-state index contributed by atoms with van der Waals surface area (Å²) in [6.45, 7) is 8.23. The number of benzene rings is 1. The van der Waals surface area contributed by atoms with Crippen molar-refractivity contribution in [3.8, 4) is 11.4 Å². The SMILES string of the molecule is CCC(C)(N)c1nc(-c2ccc(C(C)C)cc2)no1. The molecule has 1 aromatic heterocycles. The van der Waals surface area contributed by atoms with Crippen molar-refractivity contribution in [1.82, 2.24) is 10.1 Å². The largest absolute Gasteiger partial charge is 0.337 e. The van der Waals surface area contributed by atoms with E-state index >= 15 is 0 Å². The van der Waals surface area contributed by atoms with Gasteiger partial charge in [-0.1, -0.05) is 50.2 Å². The van der Waals surface area contributed by atoms with Crippen molar-refractivity contribution in [3.05, 3.63) is 35.7 Å². The first-order valence-corrected chi connectivity index (χ1v) is 6.67. The molecule has 4 nitrogen and oxygen atoms in total. The standard InChI is InChI=1S/C15H21N3O/c1-5-15(4,16)14-17-13(18-19-14)12-8-6-11(7-9-12)10(2)3/h6-10H,5,16H2,1-4H3. The van der Waals surface area contributed by atoms with Crippen molar-refractivity contribution in [2.24, 2.45) is 5.73 Å². The molecule has 0 saturated carbocycles. The van der Waals surface area contributed by atoms with Crippen molar-refractivity contribution in [1.29, 1.82) is 0 Å². The summed E-state index contributed by atoms with van der Waals surface area (Å²) in [5.74, 6) is 1.59. The lowest BCUT2D eigenvalue weighted by molar-refractivity contribution is 0.291. The second-order valence-electron chi connectivity index (χ2n) is 5.47. The molecule has 1 heterocycles. The average Bonchev–Trinajstić information content (AvgIpc) is 2.89. The summed E-state index contributed by atoms with van der Waals surface area (Å²) in [6.07, 6.45) is 0.751. The molecule has 4 heteroatoms. The van der Waals surface area contributed by atoms with Gasteiger partial charge >= 0.3 is 0 Å². The Balaban J connectivity index is 2.28. The minimum atomic E-state index is -0.566. The van der Waals surface area contributed by atoms with Crippen LogP contribution >= 0.6 is 0 Å². The second kappa shape index (κ2) is 5.13. The molecule has 0 spiro atoms. The lowest BCUT2D eigenvalue weighted by Crippen LogP contribution is -2.32. The zero-order chi connectivity index (χ0) is 14.0. The van der Waals surface area contributed by atoms with Gasteiger partial charge in [-0.15, -0.1) is 0 Å². The van der Waals surface area contributed by atoms with E-state index in [4.69, 9.17) is 10.3 Å². The summed E-state index contributed by atoms with van der Waals surface area (Å²) in [6, 6.07) is 8.22.